The summed E-state index contributed by atoms with van der Waals surface area (Å²) >= 11 is 0. The highest BCUT2D eigenvalue weighted by molar-refractivity contribution is 7.85. The maximum atomic E-state index is 14.5. The van der Waals surface area contributed by atoms with Crippen molar-refractivity contribution in [2.45, 2.75) is 13.0 Å². The fourth-order valence-corrected chi connectivity index (χ4v) is 3.08. The van der Waals surface area contributed by atoms with Gasteiger partial charge in [-0.05, 0) is 36.4 Å². The topological polar surface area (TPSA) is 59.2 Å². The van der Waals surface area contributed by atoms with Gasteiger partial charge < -0.3 is 4.42 Å². The highest BCUT2D eigenvalue weighted by Crippen LogP contribution is 2.26. The lowest BCUT2D eigenvalue weighted by Gasteiger charge is -2.22. The summed E-state index contributed by atoms with van der Waals surface area (Å²) in [4.78, 5) is 0. The summed E-state index contributed by atoms with van der Waals surface area (Å²) in [6, 6.07) is 9.21. The number of hydrogen-bond donors (Lipinski definition) is 0. The molecule has 0 spiro atoms. The second kappa shape index (κ2) is 7.87. The fourth-order valence-electron chi connectivity index (χ4n) is 2.34. The Morgan fingerprint density at radius 2 is 1.81 bits per heavy atom. The Morgan fingerprint density at radius 1 is 1.11 bits per heavy atom. The van der Waals surface area contributed by atoms with Crippen molar-refractivity contribution in [3.63, 3.8) is 0 Å². The van der Waals surface area contributed by atoms with E-state index in [0.717, 1.165) is 6.07 Å². The summed E-state index contributed by atoms with van der Waals surface area (Å²) in [7, 11) is -1.49. The molecule has 142 valence electrons. The van der Waals surface area contributed by atoms with Crippen molar-refractivity contribution in [2.24, 2.45) is 0 Å². The Balaban J connectivity index is 1.85. The van der Waals surface area contributed by atoms with Crippen molar-refractivity contribution in [1.29, 1.82) is 0 Å². The first-order chi connectivity index (χ1) is 12.8. The maximum Gasteiger partial charge on any atom is 0.314 e. The minimum absolute atomic E-state index is 0.0486. The van der Waals surface area contributed by atoms with Gasteiger partial charge in [0.1, 0.15) is 22.6 Å². The van der Waals surface area contributed by atoms with Gasteiger partial charge in [-0.15, -0.1) is 10.2 Å². The van der Waals surface area contributed by atoms with Crippen molar-refractivity contribution in [3.05, 3.63) is 65.6 Å². The smallest absolute Gasteiger partial charge is 0.314 e. The maximum absolute atomic E-state index is 14.5. The third-order valence-corrected chi connectivity index (χ3v) is 4.63. The highest BCUT2D eigenvalue weighted by atomic mass is 32.2. The van der Waals surface area contributed by atoms with Gasteiger partial charge in [-0.25, -0.2) is 13.0 Å². The van der Waals surface area contributed by atoms with Crippen molar-refractivity contribution >= 4 is 16.7 Å². The normalized spacial score (nSPS) is 12.4. The number of hydrogen-bond acceptors (Lipinski definition) is 4. The van der Waals surface area contributed by atoms with Crippen LogP contribution in [0.25, 0.3) is 11.5 Å². The van der Waals surface area contributed by atoms with Crippen molar-refractivity contribution in [3.8, 4) is 11.5 Å². The summed E-state index contributed by atoms with van der Waals surface area (Å²) in [5.41, 5.74) is 0.799. The van der Waals surface area contributed by atoms with Crippen molar-refractivity contribution < 1.29 is 26.2 Å². The van der Waals surface area contributed by atoms with E-state index in [-0.39, 0.29) is 23.6 Å². The molecule has 3 rings (SSSR count). The van der Waals surface area contributed by atoms with Crippen LogP contribution >= 0.6 is 0 Å². The standard InChI is InChI=1S/C17H13F4N3O2S/c1-27(25)24(13-6-4-12(18)5-7-13)9-11-3-2-10(8-14(11)19)16-22-23-17(26-16)15(20)21/h2-8,15H,9H2,1H3. The van der Waals surface area contributed by atoms with Crippen molar-refractivity contribution in [1.82, 2.24) is 10.2 Å². The van der Waals surface area contributed by atoms with Crippen LogP contribution in [0.15, 0.2) is 46.9 Å². The molecule has 1 aromatic heterocycles. The average Bonchev–Trinajstić information content (AvgIpc) is 3.12. The minimum Gasteiger partial charge on any atom is -0.415 e. The third kappa shape index (κ3) is 4.33. The molecule has 3 aromatic rings. The van der Waals surface area contributed by atoms with Crippen LogP contribution in [0.2, 0.25) is 0 Å². The van der Waals surface area contributed by atoms with Crippen LogP contribution in [0.3, 0.4) is 0 Å². The van der Waals surface area contributed by atoms with Crippen molar-refractivity contribution in [2.75, 3.05) is 10.6 Å². The summed E-state index contributed by atoms with van der Waals surface area (Å²) in [6.45, 7) is -0.0486. The summed E-state index contributed by atoms with van der Waals surface area (Å²) in [5.74, 6) is -2.19. The molecular weight excluding hydrogens is 386 g/mol. The summed E-state index contributed by atoms with van der Waals surface area (Å²) in [5, 5.41) is 6.66. The Hall–Kier alpha value is -2.75. The second-order valence-corrected chi connectivity index (χ2v) is 6.78. The first kappa shape index (κ1) is 19.0. The van der Waals surface area contributed by atoms with Gasteiger partial charge in [0.05, 0.1) is 6.54 Å². The van der Waals surface area contributed by atoms with Crippen LogP contribution in [0.5, 0.6) is 0 Å². The first-order valence-electron chi connectivity index (χ1n) is 7.62. The van der Waals surface area contributed by atoms with Gasteiger partial charge in [0.2, 0.25) is 5.89 Å². The van der Waals surface area contributed by atoms with Gasteiger partial charge in [0.15, 0.2) is 0 Å². The number of rotatable bonds is 6. The molecule has 0 aliphatic heterocycles. The molecule has 0 radical (unpaired) electrons. The molecule has 5 nitrogen and oxygen atoms in total. The lowest BCUT2D eigenvalue weighted by molar-refractivity contribution is 0.116. The minimum atomic E-state index is -2.92. The van der Waals surface area contributed by atoms with Crippen LogP contribution in [0.1, 0.15) is 17.9 Å². The van der Waals surface area contributed by atoms with Gasteiger partial charge >= 0.3 is 6.43 Å². The Bertz CT molecular complexity index is 963. The van der Waals surface area contributed by atoms with Gasteiger partial charge in [-0.2, -0.15) is 8.78 Å². The van der Waals surface area contributed by atoms with E-state index in [2.05, 4.69) is 10.2 Å². The van der Waals surface area contributed by atoms with Gasteiger partial charge in [-0.3, -0.25) is 4.31 Å². The van der Waals surface area contributed by atoms with E-state index >= 15 is 0 Å². The molecule has 0 aliphatic carbocycles. The molecule has 0 bridgehead atoms. The zero-order chi connectivity index (χ0) is 19.6. The molecule has 1 heterocycles. The predicted octanol–water partition coefficient (Wildman–Crippen LogP) is 4.25. The lowest BCUT2D eigenvalue weighted by atomic mass is 10.1. The number of aromatic nitrogens is 2. The van der Waals surface area contributed by atoms with E-state index in [9.17, 15) is 21.8 Å². The molecule has 0 fully saturated rings. The van der Waals surface area contributed by atoms with Crippen LogP contribution in [0, 0.1) is 11.6 Å². The SMILES string of the molecule is CS(=O)N(Cc1ccc(-c2nnc(C(F)F)o2)cc1F)c1ccc(F)cc1. The first-order valence-corrected chi connectivity index (χ1v) is 9.13. The number of halogens is 4. The van der Waals surface area contributed by atoms with Crippen LogP contribution in [-0.2, 0) is 17.5 Å². The molecule has 2 aromatic carbocycles. The largest absolute Gasteiger partial charge is 0.415 e. The fraction of sp³-hybridized carbons (Fsp3) is 0.176. The Labute approximate surface area is 154 Å². The molecule has 0 saturated carbocycles. The van der Waals surface area contributed by atoms with E-state index in [1.165, 1.54) is 47.0 Å². The van der Waals surface area contributed by atoms with Gasteiger partial charge in [0, 0.05) is 23.1 Å². The van der Waals surface area contributed by atoms with E-state index in [1.807, 2.05) is 0 Å². The number of anilines is 1. The molecule has 0 aliphatic rings. The highest BCUT2D eigenvalue weighted by Gasteiger charge is 2.19. The quantitative estimate of drug-likeness (QED) is 0.582. The molecular formula is C17H13F4N3O2S. The number of nitrogens with zero attached hydrogens (tertiary/aromatic N) is 3. The van der Waals surface area contributed by atoms with Crippen LogP contribution < -0.4 is 4.31 Å². The zero-order valence-corrected chi connectivity index (χ0v) is 14.7. The molecule has 1 atom stereocenters. The summed E-state index contributed by atoms with van der Waals surface area (Å²) in [6.07, 6.45) is -1.50. The summed E-state index contributed by atoms with van der Waals surface area (Å²) < 4.78 is 70.8. The van der Waals surface area contributed by atoms with E-state index in [1.54, 1.807) is 0 Å². The number of alkyl halides is 2. The monoisotopic (exact) mass is 399 g/mol. The van der Waals surface area contributed by atoms with Crippen LogP contribution in [-0.4, -0.2) is 20.7 Å². The molecule has 27 heavy (non-hydrogen) atoms. The molecule has 10 heteroatoms. The third-order valence-electron chi connectivity index (χ3n) is 3.67. The van der Waals surface area contributed by atoms with E-state index in [4.69, 9.17) is 4.42 Å². The van der Waals surface area contributed by atoms with Gasteiger partial charge in [0.25, 0.3) is 5.89 Å². The molecule has 0 amide bonds. The number of benzene rings is 2. The van der Waals surface area contributed by atoms with Crippen LogP contribution in [0.4, 0.5) is 23.2 Å². The average molecular weight is 399 g/mol. The molecule has 1 unspecified atom stereocenters. The van der Waals surface area contributed by atoms with E-state index in [0.29, 0.717) is 5.69 Å². The molecule has 0 N–H and O–H groups in total. The van der Waals surface area contributed by atoms with E-state index < -0.39 is 34.9 Å². The zero-order valence-electron chi connectivity index (χ0n) is 13.9. The second-order valence-electron chi connectivity index (χ2n) is 5.49. The van der Waals surface area contributed by atoms with Gasteiger partial charge in [-0.1, -0.05) is 6.07 Å². The predicted molar refractivity (Wildman–Crippen MR) is 91.3 cm³/mol. The lowest BCUT2D eigenvalue weighted by Crippen LogP contribution is -2.24. The Morgan fingerprint density at radius 3 is 2.37 bits per heavy atom. The molecule has 0 saturated heterocycles. The Kier molecular flexibility index (Phi) is 5.54.